The predicted molar refractivity (Wildman–Crippen MR) is 84.3 cm³/mol. The first-order valence-corrected chi connectivity index (χ1v) is 7.28. The van der Waals surface area contributed by atoms with Crippen LogP contribution in [-0.2, 0) is 11.3 Å². The molecule has 108 valence electrons. The fraction of sp³-hybridized carbons (Fsp3) is 0.333. The minimum Gasteiger partial charge on any atom is -0.391 e. The summed E-state index contributed by atoms with van der Waals surface area (Å²) in [6.45, 7) is 6.45. The lowest BCUT2D eigenvalue weighted by molar-refractivity contribution is 0.0364. The first kappa shape index (κ1) is 13.8. The van der Waals surface area contributed by atoms with Crippen LogP contribution in [0.1, 0.15) is 30.7 Å². The van der Waals surface area contributed by atoms with Gasteiger partial charge in [0, 0.05) is 18.3 Å². The zero-order valence-corrected chi connectivity index (χ0v) is 12.7. The maximum absolute atomic E-state index is 5.73. The van der Waals surface area contributed by atoms with E-state index in [1.165, 1.54) is 5.56 Å². The molecule has 2 heterocycles. The number of nitrogens with zero attached hydrogens (tertiary/aromatic N) is 2. The molecule has 1 unspecified atom stereocenters. The number of aryl methyl sites for hydroxylation is 1. The van der Waals surface area contributed by atoms with Gasteiger partial charge in [-0.05, 0) is 30.2 Å². The van der Waals surface area contributed by atoms with E-state index >= 15 is 0 Å². The molecule has 2 aromatic rings. The monoisotopic (exact) mass is 280 g/mol. The summed E-state index contributed by atoms with van der Waals surface area (Å²) in [5.74, 6) is 0. The Labute approximate surface area is 125 Å². The van der Waals surface area contributed by atoms with Crippen LogP contribution in [-0.4, -0.2) is 16.8 Å². The lowest BCUT2D eigenvalue weighted by Crippen LogP contribution is -2.35. The number of pyridine rings is 1. The van der Waals surface area contributed by atoms with E-state index in [9.17, 15) is 0 Å². The highest BCUT2D eigenvalue weighted by Gasteiger charge is 2.42. The Morgan fingerprint density at radius 1 is 1.14 bits per heavy atom. The lowest BCUT2D eigenvalue weighted by Gasteiger charge is -2.25. The van der Waals surface area contributed by atoms with Gasteiger partial charge in [0.1, 0.15) is 6.10 Å². The number of rotatable bonds is 3. The van der Waals surface area contributed by atoms with Crippen LogP contribution in [0.25, 0.3) is 0 Å². The molecular weight excluding hydrogens is 260 g/mol. The number of benzene rings is 1. The Morgan fingerprint density at radius 3 is 2.62 bits per heavy atom. The Balaban J connectivity index is 1.82. The van der Waals surface area contributed by atoms with Gasteiger partial charge < -0.3 is 4.84 Å². The van der Waals surface area contributed by atoms with Crippen LogP contribution in [0.3, 0.4) is 0 Å². The highest BCUT2D eigenvalue weighted by atomic mass is 16.6. The Bertz CT molecular complexity index is 662. The van der Waals surface area contributed by atoms with Crippen LogP contribution >= 0.6 is 0 Å². The van der Waals surface area contributed by atoms with Gasteiger partial charge in [-0.2, -0.15) is 0 Å². The summed E-state index contributed by atoms with van der Waals surface area (Å²) in [7, 11) is 0. The fourth-order valence-electron chi connectivity index (χ4n) is 2.73. The number of aromatic nitrogens is 1. The minimum absolute atomic E-state index is 0.0157. The van der Waals surface area contributed by atoms with E-state index in [-0.39, 0.29) is 11.5 Å². The Kier molecular flexibility index (Phi) is 3.50. The summed E-state index contributed by atoms with van der Waals surface area (Å²) in [6.07, 6.45) is 2.64. The summed E-state index contributed by atoms with van der Waals surface area (Å²) in [6, 6.07) is 14.4. The third-order valence-corrected chi connectivity index (χ3v) is 4.10. The second kappa shape index (κ2) is 5.32. The van der Waals surface area contributed by atoms with Gasteiger partial charge in [0.2, 0.25) is 0 Å². The van der Waals surface area contributed by atoms with Gasteiger partial charge in [-0.15, -0.1) is 0 Å². The van der Waals surface area contributed by atoms with E-state index in [1.54, 1.807) is 0 Å². The van der Waals surface area contributed by atoms with Gasteiger partial charge in [0.15, 0.2) is 0 Å². The molecule has 1 aromatic heterocycles. The molecule has 21 heavy (non-hydrogen) atoms. The molecular formula is C18H20N2O. The van der Waals surface area contributed by atoms with E-state index in [2.05, 4.69) is 49.1 Å². The maximum Gasteiger partial charge on any atom is 0.143 e. The molecule has 0 saturated carbocycles. The zero-order valence-electron chi connectivity index (χ0n) is 12.7. The highest BCUT2D eigenvalue weighted by molar-refractivity contribution is 6.05. The molecule has 0 N–H and O–H groups in total. The van der Waals surface area contributed by atoms with Crippen molar-refractivity contribution in [3.63, 3.8) is 0 Å². The molecule has 3 rings (SSSR count). The van der Waals surface area contributed by atoms with Crippen molar-refractivity contribution in [2.45, 2.75) is 33.3 Å². The topological polar surface area (TPSA) is 34.5 Å². The van der Waals surface area contributed by atoms with Gasteiger partial charge >= 0.3 is 0 Å². The number of hydrogen-bond donors (Lipinski definition) is 0. The van der Waals surface area contributed by atoms with Crippen LogP contribution in [0, 0.1) is 12.3 Å². The van der Waals surface area contributed by atoms with Crippen LogP contribution in [0.5, 0.6) is 0 Å². The highest BCUT2D eigenvalue weighted by Crippen LogP contribution is 2.36. The Morgan fingerprint density at radius 2 is 1.90 bits per heavy atom. The van der Waals surface area contributed by atoms with Gasteiger partial charge in [-0.25, -0.2) is 0 Å². The van der Waals surface area contributed by atoms with Crippen molar-refractivity contribution in [2.24, 2.45) is 10.6 Å². The van der Waals surface area contributed by atoms with Crippen molar-refractivity contribution in [2.75, 3.05) is 0 Å². The molecule has 0 fully saturated rings. The smallest absolute Gasteiger partial charge is 0.143 e. The average Bonchev–Trinajstić information content (AvgIpc) is 2.75. The van der Waals surface area contributed by atoms with Crippen molar-refractivity contribution in [3.8, 4) is 0 Å². The fourth-order valence-corrected chi connectivity index (χ4v) is 2.73. The van der Waals surface area contributed by atoms with Crippen molar-refractivity contribution >= 4 is 5.71 Å². The zero-order chi connectivity index (χ0) is 14.9. The predicted octanol–water partition coefficient (Wildman–Crippen LogP) is 3.76. The molecule has 1 atom stereocenters. The third kappa shape index (κ3) is 2.68. The molecule has 0 radical (unpaired) electrons. The molecule has 3 nitrogen and oxygen atoms in total. The van der Waals surface area contributed by atoms with E-state index in [0.29, 0.717) is 0 Å². The molecule has 3 heteroatoms. The van der Waals surface area contributed by atoms with Gasteiger partial charge in [-0.3, -0.25) is 4.98 Å². The number of hydrogen-bond acceptors (Lipinski definition) is 3. The van der Waals surface area contributed by atoms with Crippen LogP contribution in [0.15, 0.2) is 53.8 Å². The average molecular weight is 280 g/mol. The SMILES string of the molecule is Cc1ccnc(CC2ON=C(c3ccccc3)C2(C)C)c1. The largest absolute Gasteiger partial charge is 0.391 e. The molecule has 1 aliphatic rings. The first-order valence-electron chi connectivity index (χ1n) is 7.28. The molecule has 1 aromatic carbocycles. The molecule has 0 amide bonds. The van der Waals surface area contributed by atoms with Crippen molar-refractivity contribution < 1.29 is 4.84 Å². The Hall–Kier alpha value is -2.16. The lowest BCUT2D eigenvalue weighted by atomic mass is 9.77. The van der Waals surface area contributed by atoms with Crippen molar-refractivity contribution in [1.82, 2.24) is 4.98 Å². The third-order valence-electron chi connectivity index (χ3n) is 4.10. The summed E-state index contributed by atoms with van der Waals surface area (Å²) < 4.78 is 0. The molecule has 0 bridgehead atoms. The second-order valence-electron chi connectivity index (χ2n) is 6.15. The normalized spacial score (nSPS) is 20.0. The van der Waals surface area contributed by atoms with Crippen LogP contribution < -0.4 is 0 Å². The van der Waals surface area contributed by atoms with Gasteiger partial charge in [-0.1, -0.05) is 49.3 Å². The first-order chi connectivity index (χ1) is 10.1. The van der Waals surface area contributed by atoms with Crippen LogP contribution in [0.4, 0.5) is 0 Å². The van der Waals surface area contributed by atoms with Crippen molar-refractivity contribution in [1.29, 1.82) is 0 Å². The number of oxime groups is 1. The van der Waals surface area contributed by atoms with E-state index in [0.717, 1.165) is 23.4 Å². The van der Waals surface area contributed by atoms with Crippen molar-refractivity contribution in [3.05, 3.63) is 65.5 Å². The summed E-state index contributed by atoms with van der Waals surface area (Å²) >= 11 is 0. The van der Waals surface area contributed by atoms with E-state index in [4.69, 9.17) is 4.84 Å². The van der Waals surface area contributed by atoms with Gasteiger partial charge in [0.25, 0.3) is 0 Å². The quantitative estimate of drug-likeness (QED) is 0.858. The van der Waals surface area contributed by atoms with Gasteiger partial charge in [0.05, 0.1) is 11.1 Å². The van der Waals surface area contributed by atoms with Crippen LogP contribution in [0.2, 0.25) is 0 Å². The second-order valence-corrected chi connectivity index (χ2v) is 6.15. The van der Waals surface area contributed by atoms with E-state index < -0.39 is 0 Å². The molecule has 0 saturated heterocycles. The standard InChI is InChI=1S/C18H20N2O/c1-13-9-10-19-15(11-13)12-16-18(2,3)17(20-21-16)14-7-5-4-6-8-14/h4-11,16H,12H2,1-3H3. The minimum atomic E-state index is -0.132. The molecule has 0 spiro atoms. The molecule has 1 aliphatic heterocycles. The van der Waals surface area contributed by atoms with E-state index in [1.807, 2.05) is 30.5 Å². The summed E-state index contributed by atoms with van der Waals surface area (Å²) in [5.41, 5.74) is 4.29. The summed E-state index contributed by atoms with van der Waals surface area (Å²) in [4.78, 5) is 10.2. The summed E-state index contributed by atoms with van der Waals surface area (Å²) in [5, 5.41) is 4.35. The maximum atomic E-state index is 5.73. The molecule has 0 aliphatic carbocycles.